The highest BCUT2D eigenvalue weighted by atomic mass is 19.4. The number of aliphatic hydroxyl groups is 1. The van der Waals surface area contributed by atoms with E-state index in [9.17, 15) is 18.3 Å². The Morgan fingerprint density at radius 3 is 2.59 bits per heavy atom. The molecule has 17 heavy (non-hydrogen) atoms. The van der Waals surface area contributed by atoms with Crippen LogP contribution in [-0.4, -0.2) is 30.6 Å². The van der Waals surface area contributed by atoms with Crippen molar-refractivity contribution in [2.75, 3.05) is 13.2 Å². The maximum atomic E-state index is 11.8. The van der Waals surface area contributed by atoms with Crippen LogP contribution in [0, 0.1) is 5.92 Å². The molecule has 102 valence electrons. The summed E-state index contributed by atoms with van der Waals surface area (Å²) in [6.07, 6.45) is 1.96. The highest BCUT2D eigenvalue weighted by Crippen LogP contribution is 2.26. The van der Waals surface area contributed by atoms with Crippen LogP contribution in [0.1, 0.15) is 44.9 Å². The van der Waals surface area contributed by atoms with Crippen LogP contribution >= 0.6 is 0 Å². The average molecular weight is 254 g/mol. The Morgan fingerprint density at radius 1 is 1.18 bits per heavy atom. The summed E-state index contributed by atoms with van der Waals surface area (Å²) in [5, 5.41) is 9.59. The van der Waals surface area contributed by atoms with Gasteiger partial charge in [-0.15, -0.1) is 0 Å². The first-order valence-electron chi connectivity index (χ1n) is 6.30. The van der Waals surface area contributed by atoms with Crippen molar-refractivity contribution >= 4 is 0 Å². The number of hydrogen-bond donors (Lipinski definition) is 1. The van der Waals surface area contributed by atoms with Crippen molar-refractivity contribution in [3.05, 3.63) is 0 Å². The molecular weight excluding hydrogens is 233 g/mol. The molecule has 0 radical (unpaired) electrons. The van der Waals surface area contributed by atoms with Crippen LogP contribution in [-0.2, 0) is 4.74 Å². The van der Waals surface area contributed by atoms with Crippen molar-refractivity contribution in [1.82, 2.24) is 0 Å². The first-order chi connectivity index (χ1) is 7.97. The number of hydrogen-bond acceptors (Lipinski definition) is 2. The summed E-state index contributed by atoms with van der Waals surface area (Å²) in [7, 11) is 0. The van der Waals surface area contributed by atoms with Crippen LogP contribution in [0.25, 0.3) is 0 Å². The Bertz CT molecular complexity index is 206. The molecule has 1 rings (SSSR count). The van der Waals surface area contributed by atoms with Gasteiger partial charge in [0.2, 0.25) is 0 Å². The van der Waals surface area contributed by atoms with Gasteiger partial charge in [-0.05, 0) is 31.6 Å². The van der Waals surface area contributed by atoms with E-state index in [-0.39, 0.29) is 12.7 Å². The van der Waals surface area contributed by atoms with Gasteiger partial charge in [-0.25, -0.2) is 0 Å². The Balaban J connectivity index is 2.05. The molecule has 2 atom stereocenters. The molecule has 0 aromatic carbocycles. The SMILES string of the molecule is OC1CCCCC(CCCOCC(F)(F)F)C1. The van der Waals surface area contributed by atoms with Gasteiger partial charge in [0.05, 0.1) is 6.10 Å². The Kier molecular flexibility index (Phi) is 6.27. The summed E-state index contributed by atoms with van der Waals surface area (Å²) in [6.45, 7) is -0.994. The van der Waals surface area contributed by atoms with E-state index in [0.29, 0.717) is 12.3 Å². The second kappa shape index (κ2) is 7.21. The minimum absolute atomic E-state index is 0.159. The fraction of sp³-hybridized carbons (Fsp3) is 1.00. The lowest BCUT2D eigenvalue weighted by Crippen LogP contribution is -2.18. The second-order valence-corrected chi connectivity index (χ2v) is 4.85. The van der Waals surface area contributed by atoms with E-state index in [1.54, 1.807) is 0 Å². The van der Waals surface area contributed by atoms with Gasteiger partial charge in [0.15, 0.2) is 0 Å². The first kappa shape index (κ1) is 14.8. The van der Waals surface area contributed by atoms with E-state index in [0.717, 1.165) is 38.5 Å². The predicted molar refractivity (Wildman–Crippen MR) is 58.7 cm³/mol. The van der Waals surface area contributed by atoms with Crippen LogP contribution in [0.5, 0.6) is 0 Å². The fourth-order valence-corrected chi connectivity index (χ4v) is 2.36. The molecule has 0 aromatic heterocycles. The number of aliphatic hydroxyl groups excluding tert-OH is 1. The maximum absolute atomic E-state index is 11.8. The lowest BCUT2D eigenvalue weighted by Gasteiger charge is -2.16. The van der Waals surface area contributed by atoms with Gasteiger partial charge in [0.1, 0.15) is 6.61 Å². The van der Waals surface area contributed by atoms with E-state index in [1.165, 1.54) is 0 Å². The molecule has 1 saturated carbocycles. The highest BCUT2D eigenvalue weighted by Gasteiger charge is 2.27. The zero-order valence-electron chi connectivity index (χ0n) is 10.0. The van der Waals surface area contributed by atoms with Crippen LogP contribution in [0.3, 0.4) is 0 Å². The standard InChI is InChI=1S/C12H21F3O2/c13-12(14,15)9-17-7-3-5-10-4-1-2-6-11(16)8-10/h10-11,16H,1-9H2. The molecule has 1 N–H and O–H groups in total. The lowest BCUT2D eigenvalue weighted by molar-refractivity contribution is -0.174. The van der Waals surface area contributed by atoms with Gasteiger partial charge < -0.3 is 9.84 Å². The molecule has 0 saturated heterocycles. The molecule has 2 nitrogen and oxygen atoms in total. The van der Waals surface area contributed by atoms with E-state index in [1.807, 2.05) is 0 Å². The quantitative estimate of drug-likeness (QED) is 0.602. The molecule has 1 fully saturated rings. The zero-order chi connectivity index (χ0) is 12.7. The smallest absolute Gasteiger partial charge is 0.393 e. The molecule has 0 aromatic rings. The molecular formula is C12H21F3O2. The molecule has 0 heterocycles. The minimum Gasteiger partial charge on any atom is -0.393 e. The van der Waals surface area contributed by atoms with Crippen LogP contribution in [0.4, 0.5) is 13.2 Å². The third-order valence-electron chi connectivity index (χ3n) is 3.17. The zero-order valence-corrected chi connectivity index (χ0v) is 10.0. The number of alkyl halides is 3. The number of rotatable bonds is 5. The highest BCUT2D eigenvalue weighted by molar-refractivity contribution is 4.70. The van der Waals surface area contributed by atoms with Crippen molar-refractivity contribution in [1.29, 1.82) is 0 Å². The van der Waals surface area contributed by atoms with Crippen molar-refractivity contribution in [2.45, 2.75) is 57.2 Å². The molecule has 1 aliphatic carbocycles. The maximum Gasteiger partial charge on any atom is 0.411 e. The van der Waals surface area contributed by atoms with Gasteiger partial charge in [0, 0.05) is 6.61 Å². The molecule has 0 amide bonds. The average Bonchev–Trinajstić information content (AvgIpc) is 2.40. The minimum atomic E-state index is -4.22. The van der Waals surface area contributed by atoms with Crippen molar-refractivity contribution in [2.24, 2.45) is 5.92 Å². The Hall–Kier alpha value is -0.290. The van der Waals surface area contributed by atoms with E-state index >= 15 is 0 Å². The van der Waals surface area contributed by atoms with E-state index in [2.05, 4.69) is 4.74 Å². The summed E-state index contributed by atoms with van der Waals surface area (Å²) >= 11 is 0. The molecule has 0 bridgehead atoms. The molecule has 0 aliphatic heterocycles. The Morgan fingerprint density at radius 2 is 1.88 bits per heavy atom. The topological polar surface area (TPSA) is 29.5 Å². The summed E-state index contributed by atoms with van der Waals surface area (Å²) in [4.78, 5) is 0. The van der Waals surface area contributed by atoms with Gasteiger partial charge in [-0.3, -0.25) is 0 Å². The molecule has 0 spiro atoms. The molecule has 1 aliphatic rings. The largest absolute Gasteiger partial charge is 0.411 e. The van der Waals surface area contributed by atoms with Gasteiger partial charge in [-0.1, -0.05) is 19.3 Å². The van der Waals surface area contributed by atoms with Gasteiger partial charge >= 0.3 is 6.18 Å². The van der Waals surface area contributed by atoms with Crippen molar-refractivity contribution < 1.29 is 23.0 Å². The molecule has 5 heteroatoms. The fourth-order valence-electron chi connectivity index (χ4n) is 2.36. The third-order valence-corrected chi connectivity index (χ3v) is 3.17. The van der Waals surface area contributed by atoms with Crippen LogP contribution < -0.4 is 0 Å². The number of ether oxygens (including phenoxy) is 1. The van der Waals surface area contributed by atoms with Crippen LogP contribution in [0.15, 0.2) is 0 Å². The van der Waals surface area contributed by atoms with Crippen molar-refractivity contribution in [3.63, 3.8) is 0 Å². The lowest BCUT2D eigenvalue weighted by atomic mass is 9.94. The monoisotopic (exact) mass is 254 g/mol. The summed E-state index contributed by atoms with van der Waals surface area (Å²) in [5.41, 5.74) is 0. The second-order valence-electron chi connectivity index (χ2n) is 4.85. The summed E-state index contributed by atoms with van der Waals surface area (Å²) < 4.78 is 39.9. The summed E-state index contributed by atoms with van der Waals surface area (Å²) in [6, 6.07) is 0. The van der Waals surface area contributed by atoms with E-state index in [4.69, 9.17) is 0 Å². The van der Waals surface area contributed by atoms with Gasteiger partial charge in [-0.2, -0.15) is 13.2 Å². The first-order valence-corrected chi connectivity index (χ1v) is 6.30. The normalized spacial score (nSPS) is 26.8. The predicted octanol–water partition coefficient (Wildman–Crippen LogP) is 3.29. The van der Waals surface area contributed by atoms with E-state index < -0.39 is 12.8 Å². The number of halogens is 3. The van der Waals surface area contributed by atoms with Gasteiger partial charge in [0.25, 0.3) is 0 Å². The van der Waals surface area contributed by atoms with Crippen LogP contribution in [0.2, 0.25) is 0 Å². The molecule has 2 unspecified atom stereocenters. The Labute approximate surface area is 100 Å². The summed E-state index contributed by atoms with van der Waals surface area (Å²) in [5.74, 6) is 0.446. The third kappa shape index (κ3) is 7.60. The van der Waals surface area contributed by atoms with Crippen molar-refractivity contribution in [3.8, 4) is 0 Å².